The van der Waals surface area contributed by atoms with Gasteiger partial charge in [-0.2, -0.15) is 5.26 Å². The van der Waals surface area contributed by atoms with Gasteiger partial charge < -0.3 is 5.32 Å². The van der Waals surface area contributed by atoms with Crippen molar-refractivity contribution in [3.63, 3.8) is 0 Å². The molecule has 0 bridgehead atoms. The molecule has 0 fully saturated rings. The normalized spacial score (nSPS) is 13.1. The smallest absolute Gasteiger partial charge is 0.331 e. The van der Waals surface area contributed by atoms with E-state index in [0.717, 1.165) is 11.0 Å². The van der Waals surface area contributed by atoms with Gasteiger partial charge in [0, 0.05) is 18.3 Å². The van der Waals surface area contributed by atoms with Gasteiger partial charge in [0.2, 0.25) is 5.91 Å². The lowest BCUT2D eigenvalue weighted by Gasteiger charge is -2.12. The fourth-order valence-electron chi connectivity index (χ4n) is 2.40. The molecule has 7 nitrogen and oxygen atoms in total. The van der Waals surface area contributed by atoms with Crippen molar-refractivity contribution in [2.45, 2.75) is 45.8 Å². The highest BCUT2D eigenvalue weighted by molar-refractivity contribution is 5.75. The molecule has 0 saturated carbocycles. The van der Waals surface area contributed by atoms with Crippen LogP contribution in [0.4, 0.5) is 0 Å². The van der Waals surface area contributed by atoms with Crippen LogP contribution in [0.15, 0.2) is 9.59 Å². The molecule has 20 heavy (non-hydrogen) atoms. The second-order valence-electron chi connectivity index (χ2n) is 5.08. The molecule has 0 saturated heterocycles. The zero-order valence-electron chi connectivity index (χ0n) is 11.5. The van der Waals surface area contributed by atoms with Crippen LogP contribution in [0.3, 0.4) is 0 Å². The molecule has 106 valence electrons. The van der Waals surface area contributed by atoms with Gasteiger partial charge in [-0.05, 0) is 26.7 Å². The average molecular weight is 276 g/mol. The van der Waals surface area contributed by atoms with E-state index in [-0.39, 0.29) is 18.2 Å². The summed E-state index contributed by atoms with van der Waals surface area (Å²) in [6.07, 6.45) is 1.28. The molecule has 7 heteroatoms. The molecule has 0 spiro atoms. The van der Waals surface area contributed by atoms with Crippen molar-refractivity contribution in [2.24, 2.45) is 0 Å². The van der Waals surface area contributed by atoms with Gasteiger partial charge in [0.05, 0.1) is 0 Å². The minimum atomic E-state index is -0.676. The summed E-state index contributed by atoms with van der Waals surface area (Å²) in [4.78, 5) is 36.1. The van der Waals surface area contributed by atoms with Crippen LogP contribution in [-0.2, 0) is 24.3 Å². The van der Waals surface area contributed by atoms with Crippen LogP contribution in [0.25, 0.3) is 0 Å². The van der Waals surface area contributed by atoms with Gasteiger partial charge in [0.15, 0.2) is 0 Å². The molecule has 0 aromatic carbocycles. The number of fused-ring (bicyclic) bond motifs is 1. The SMILES string of the molecule is CC(C)NC(=O)Cn1c(=O)c(C#N)c2n(c1=O)CCC2. The van der Waals surface area contributed by atoms with Gasteiger partial charge in [-0.3, -0.25) is 14.2 Å². The van der Waals surface area contributed by atoms with Crippen LogP contribution in [0.1, 0.15) is 31.5 Å². The maximum Gasteiger partial charge on any atom is 0.331 e. The maximum atomic E-state index is 12.2. The number of nitriles is 1. The van der Waals surface area contributed by atoms with Crippen molar-refractivity contribution in [3.05, 3.63) is 32.1 Å². The average Bonchev–Trinajstić information content (AvgIpc) is 2.83. The molecule has 1 aromatic heterocycles. The topological polar surface area (TPSA) is 96.9 Å². The summed E-state index contributed by atoms with van der Waals surface area (Å²) >= 11 is 0. The minimum Gasteiger partial charge on any atom is -0.352 e. The fraction of sp³-hybridized carbons (Fsp3) is 0.538. The van der Waals surface area contributed by atoms with E-state index in [2.05, 4.69) is 5.32 Å². The second kappa shape index (κ2) is 5.33. The third kappa shape index (κ3) is 2.37. The molecule has 2 heterocycles. The monoisotopic (exact) mass is 276 g/mol. The van der Waals surface area contributed by atoms with Crippen LogP contribution in [0.2, 0.25) is 0 Å². The number of carbonyl (C=O) groups is 1. The molecular formula is C13H16N4O3. The number of amides is 1. The quantitative estimate of drug-likeness (QED) is 0.793. The number of hydrogen-bond acceptors (Lipinski definition) is 4. The number of carbonyl (C=O) groups excluding carboxylic acids is 1. The predicted molar refractivity (Wildman–Crippen MR) is 71.3 cm³/mol. The number of nitrogens with one attached hydrogen (secondary N) is 1. The van der Waals surface area contributed by atoms with E-state index in [4.69, 9.17) is 5.26 Å². The van der Waals surface area contributed by atoms with Crippen molar-refractivity contribution in [2.75, 3.05) is 0 Å². The summed E-state index contributed by atoms with van der Waals surface area (Å²) in [6, 6.07) is 1.77. The Morgan fingerprint density at radius 1 is 1.45 bits per heavy atom. The lowest BCUT2D eigenvalue weighted by atomic mass is 10.2. The molecule has 1 amide bonds. The van der Waals surface area contributed by atoms with Crippen LogP contribution >= 0.6 is 0 Å². The molecule has 0 radical (unpaired) electrons. The number of nitrogens with zero attached hydrogens (tertiary/aromatic N) is 3. The van der Waals surface area contributed by atoms with Gasteiger partial charge in [-0.25, -0.2) is 9.36 Å². The van der Waals surface area contributed by atoms with E-state index in [1.165, 1.54) is 4.57 Å². The summed E-state index contributed by atoms with van der Waals surface area (Å²) in [7, 11) is 0. The Morgan fingerprint density at radius 3 is 2.75 bits per heavy atom. The van der Waals surface area contributed by atoms with Crippen molar-refractivity contribution >= 4 is 5.91 Å². The van der Waals surface area contributed by atoms with E-state index in [1.54, 1.807) is 13.8 Å². The van der Waals surface area contributed by atoms with Crippen LogP contribution in [0, 0.1) is 11.3 Å². The third-order valence-electron chi connectivity index (χ3n) is 3.19. The number of aromatic nitrogens is 2. The van der Waals surface area contributed by atoms with Gasteiger partial charge in [0.25, 0.3) is 5.56 Å². The summed E-state index contributed by atoms with van der Waals surface area (Å²) in [5.74, 6) is -0.415. The van der Waals surface area contributed by atoms with Crippen LogP contribution < -0.4 is 16.6 Å². The summed E-state index contributed by atoms with van der Waals surface area (Å²) in [5.41, 5.74) is -0.729. The first-order valence-electron chi connectivity index (χ1n) is 6.51. The minimum absolute atomic E-state index is 0.0283. The largest absolute Gasteiger partial charge is 0.352 e. The molecule has 1 N–H and O–H groups in total. The Bertz CT molecular complexity index is 706. The first-order chi connectivity index (χ1) is 9.45. The zero-order valence-corrected chi connectivity index (χ0v) is 11.5. The van der Waals surface area contributed by atoms with Crippen LogP contribution in [0.5, 0.6) is 0 Å². The summed E-state index contributed by atoms with van der Waals surface area (Å²) in [6.45, 7) is 3.70. The Labute approximate surface area is 115 Å². The standard InChI is InChI=1S/C13H16N4O3/c1-8(2)15-11(18)7-17-12(19)9(6-14)10-4-3-5-16(10)13(17)20/h8H,3-5,7H2,1-2H3,(H,15,18). The Kier molecular flexibility index (Phi) is 3.74. The summed E-state index contributed by atoms with van der Waals surface area (Å²) in [5, 5.41) is 11.7. The highest BCUT2D eigenvalue weighted by Gasteiger charge is 2.23. The molecule has 2 rings (SSSR count). The molecular weight excluding hydrogens is 260 g/mol. The highest BCUT2D eigenvalue weighted by Crippen LogP contribution is 2.12. The fourth-order valence-corrected chi connectivity index (χ4v) is 2.40. The van der Waals surface area contributed by atoms with E-state index < -0.39 is 17.2 Å². The summed E-state index contributed by atoms with van der Waals surface area (Å²) < 4.78 is 2.26. The Balaban J connectivity index is 2.50. The Morgan fingerprint density at radius 2 is 2.15 bits per heavy atom. The second-order valence-corrected chi connectivity index (χ2v) is 5.08. The van der Waals surface area contributed by atoms with Gasteiger partial charge >= 0.3 is 5.69 Å². The molecule has 1 aromatic rings. The first-order valence-corrected chi connectivity index (χ1v) is 6.51. The van der Waals surface area contributed by atoms with E-state index in [9.17, 15) is 14.4 Å². The van der Waals surface area contributed by atoms with Gasteiger partial charge in [0.1, 0.15) is 18.2 Å². The third-order valence-corrected chi connectivity index (χ3v) is 3.19. The number of rotatable bonds is 3. The first kappa shape index (κ1) is 14.1. The molecule has 1 aliphatic heterocycles. The maximum absolute atomic E-state index is 12.2. The van der Waals surface area contributed by atoms with Gasteiger partial charge in [-0.15, -0.1) is 0 Å². The van der Waals surface area contributed by atoms with E-state index in [0.29, 0.717) is 18.7 Å². The van der Waals surface area contributed by atoms with Crippen molar-refractivity contribution < 1.29 is 4.79 Å². The molecule has 0 unspecified atom stereocenters. The van der Waals surface area contributed by atoms with Crippen LogP contribution in [-0.4, -0.2) is 21.1 Å². The lowest BCUT2D eigenvalue weighted by molar-refractivity contribution is -0.122. The van der Waals surface area contributed by atoms with E-state index >= 15 is 0 Å². The van der Waals surface area contributed by atoms with Gasteiger partial charge in [-0.1, -0.05) is 0 Å². The Hall–Kier alpha value is -2.36. The highest BCUT2D eigenvalue weighted by atomic mass is 16.2. The van der Waals surface area contributed by atoms with Crippen molar-refractivity contribution in [3.8, 4) is 6.07 Å². The number of hydrogen-bond donors (Lipinski definition) is 1. The zero-order chi connectivity index (χ0) is 14.9. The molecule has 0 aliphatic carbocycles. The van der Waals surface area contributed by atoms with E-state index in [1.807, 2.05) is 6.07 Å². The molecule has 0 atom stereocenters. The lowest BCUT2D eigenvalue weighted by Crippen LogP contribution is -2.46. The predicted octanol–water partition coefficient (Wildman–Crippen LogP) is -0.648. The van der Waals surface area contributed by atoms with Crippen molar-refractivity contribution in [1.29, 1.82) is 5.26 Å². The molecule has 1 aliphatic rings. The van der Waals surface area contributed by atoms with Crippen molar-refractivity contribution in [1.82, 2.24) is 14.5 Å².